The lowest BCUT2D eigenvalue weighted by Crippen LogP contribution is -2.65. The molecule has 0 spiro atoms. The summed E-state index contributed by atoms with van der Waals surface area (Å²) in [5.41, 5.74) is 1.47. The first kappa shape index (κ1) is 15.8. The van der Waals surface area contributed by atoms with Gasteiger partial charge >= 0.3 is 0 Å². The van der Waals surface area contributed by atoms with Gasteiger partial charge in [0.25, 0.3) is 0 Å². The summed E-state index contributed by atoms with van der Waals surface area (Å²) in [6, 6.07) is 0. The molecule has 0 aromatic heterocycles. The lowest BCUT2D eigenvalue weighted by Gasteiger charge is -2.65. The first-order chi connectivity index (χ1) is 9.90. The highest BCUT2D eigenvalue weighted by Crippen LogP contribution is 2.66. The molecule has 0 amide bonds. The van der Waals surface area contributed by atoms with Crippen molar-refractivity contribution >= 4 is 0 Å². The first-order valence-electron chi connectivity index (χ1n) is 8.88. The maximum Gasteiger partial charge on any atom is 0.169 e. The van der Waals surface area contributed by atoms with Gasteiger partial charge in [-0.05, 0) is 69.1 Å². The number of hydrogen-bond donors (Lipinski definition) is 1. The zero-order chi connectivity index (χ0) is 15.1. The maximum absolute atomic E-state index is 5.71. The lowest BCUT2D eigenvalue weighted by molar-refractivity contribution is -0.153. The van der Waals surface area contributed by atoms with E-state index in [9.17, 15) is 0 Å². The van der Waals surface area contributed by atoms with Gasteiger partial charge in [-0.1, -0.05) is 13.8 Å². The molecule has 2 unspecified atom stereocenters. The summed E-state index contributed by atoms with van der Waals surface area (Å²) in [6.07, 6.45) is 8.30. The van der Waals surface area contributed by atoms with Gasteiger partial charge in [-0.15, -0.1) is 0 Å². The van der Waals surface area contributed by atoms with E-state index in [2.05, 4.69) is 19.2 Å². The second-order valence-corrected chi connectivity index (χ2v) is 8.63. The number of ether oxygens (including phenoxy) is 2. The van der Waals surface area contributed by atoms with Gasteiger partial charge in [0.15, 0.2) is 6.29 Å². The van der Waals surface area contributed by atoms with Crippen LogP contribution >= 0.6 is 0 Å². The SMILES string of the molecule is CCOC(CNC12CC3CC(C)(CC(C)(C3)C1)C2)OCC. The molecule has 3 nitrogen and oxygen atoms in total. The summed E-state index contributed by atoms with van der Waals surface area (Å²) >= 11 is 0. The Balaban J connectivity index is 1.67. The average Bonchev–Trinajstić information content (AvgIpc) is 2.32. The Hall–Kier alpha value is -0.120. The molecule has 4 bridgehead atoms. The third-order valence-electron chi connectivity index (χ3n) is 5.98. The average molecular weight is 295 g/mol. The van der Waals surface area contributed by atoms with Crippen LogP contribution in [-0.4, -0.2) is 31.6 Å². The van der Waals surface area contributed by atoms with E-state index >= 15 is 0 Å². The molecule has 122 valence electrons. The van der Waals surface area contributed by atoms with Crippen LogP contribution in [0, 0.1) is 16.7 Å². The predicted molar refractivity (Wildman–Crippen MR) is 85.2 cm³/mol. The topological polar surface area (TPSA) is 30.5 Å². The Morgan fingerprint density at radius 3 is 2.00 bits per heavy atom. The quantitative estimate of drug-likeness (QED) is 0.726. The van der Waals surface area contributed by atoms with E-state index in [1.165, 1.54) is 38.5 Å². The van der Waals surface area contributed by atoms with Crippen molar-refractivity contribution < 1.29 is 9.47 Å². The van der Waals surface area contributed by atoms with Crippen LogP contribution in [0.5, 0.6) is 0 Å². The summed E-state index contributed by atoms with van der Waals surface area (Å²) in [7, 11) is 0. The Bertz CT molecular complexity index is 359. The van der Waals surface area contributed by atoms with Crippen LogP contribution < -0.4 is 5.32 Å². The molecule has 1 N–H and O–H groups in total. The van der Waals surface area contributed by atoms with E-state index in [1.54, 1.807) is 0 Å². The summed E-state index contributed by atoms with van der Waals surface area (Å²) in [6.45, 7) is 11.4. The normalized spacial score (nSPS) is 44.7. The highest BCUT2D eigenvalue weighted by molar-refractivity contribution is 5.14. The molecule has 4 aliphatic carbocycles. The molecule has 0 aromatic carbocycles. The van der Waals surface area contributed by atoms with Crippen LogP contribution in [0.1, 0.15) is 66.2 Å². The van der Waals surface area contributed by atoms with Crippen molar-refractivity contribution in [2.75, 3.05) is 19.8 Å². The zero-order valence-electron chi connectivity index (χ0n) is 14.3. The van der Waals surface area contributed by atoms with Crippen LogP contribution in [0.25, 0.3) is 0 Å². The monoisotopic (exact) mass is 295 g/mol. The van der Waals surface area contributed by atoms with Gasteiger partial charge in [0.2, 0.25) is 0 Å². The van der Waals surface area contributed by atoms with E-state index in [4.69, 9.17) is 9.47 Å². The largest absolute Gasteiger partial charge is 0.352 e. The van der Waals surface area contributed by atoms with Crippen LogP contribution in [0.2, 0.25) is 0 Å². The van der Waals surface area contributed by atoms with E-state index in [-0.39, 0.29) is 6.29 Å². The molecule has 3 heteroatoms. The maximum atomic E-state index is 5.71. The Morgan fingerprint density at radius 2 is 1.52 bits per heavy atom. The summed E-state index contributed by atoms with van der Waals surface area (Å²) < 4.78 is 11.4. The number of rotatable bonds is 7. The van der Waals surface area contributed by atoms with Crippen molar-refractivity contribution in [2.24, 2.45) is 16.7 Å². The minimum absolute atomic E-state index is 0.0892. The number of hydrogen-bond acceptors (Lipinski definition) is 3. The zero-order valence-corrected chi connectivity index (χ0v) is 14.3. The van der Waals surface area contributed by atoms with Gasteiger partial charge in [-0.3, -0.25) is 0 Å². The highest BCUT2D eigenvalue weighted by atomic mass is 16.7. The van der Waals surface area contributed by atoms with Crippen LogP contribution in [0.4, 0.5) is 0 Å². The molecular weight excluding hydrogens is 262 g/mol. The van der Waals surface area contributed by atoms with Gasteiger partial charge in [0, 0.05) is 25.3 Å². The molecule has 0 saturated heterocycles. The third-order valence-corrected chi connectivity index (χ3v) is 5.98. The fourth-order valence-corrected chi connectivity index (χ4v) is 6.48. The summed E-state index contributed by atoms with van der Waals surface area (Å²) in [5, 5.41) is 3.90. The molecule has 4 aliphatic rings. The van der Waals surface area contributed by atoms with E-state index in [0.29, 0.717) is 16.4 Å². The van der Waals surface area contributed by atoms with Crippen LogP contribution in [0.15, 0.2) is 0 Å². The van der Waals surface area contributed by atoms with Gasteiger partial charge in [0.1, 0.15) is 0 Å². The number of nitrogens with one attached hydrogen (secondary N) is 1. The molecule has 4 saturated carbocycles. The molecule has 0 aromatic rings. The van der Waals surface area contributed by atoms with Crippen molar-refractivity contribution in [2.45, 2.75) is 78.0 Å². The van der Waals surface area contributed by atoms with Crippen molar-refractivity contribution in [3.8, 4) is 0 Å². The van der Waals surface area contributed by atoms with Gasteiger partial charge in [0.05, 0.1) is 0 Å². The van der Waals surface area contributed by atoms with Gasteiger partial charge in [-0.2, -0.15) is 0 Å². The first-order valence-corrected chi connectivity index (χ1v) is 8.88. The summed E-state index contributed by atoms with van der Waals surface area (Å²) in [5.74, 6) is 0.932. The highest BCUT2D eigenvalue weighted by Gasteiger charge is 2.59. The molecular formula is C18H33NO2. The van der Waals surface area contributed by atoms with Crippen molar-refractivity contribution in [3.63, 3.8) is 0 Å². The second kappa shape index (κ2) is 5.50. The minimum atomic E-state index is -0.0892. The molecule has 0 heterocycles. The summed E-state index contributed by atoms with van der Waals surface area (Å²) in [4.78, 5) is 0. The second-order valence-electron chi connectivity index (χ2n) is 8.63. The van der Waals surface area contributed by atoms with Gasteiger partial charge in [-0.25, -0.2) is 0 Å². The molecule has 0 aliphatic heterocycles. The Morgan fingerprint density at radius 1 is 0.952 bits per heavy atom. The van der Waals surface area contributed by atoms with Crippen LogP contribution in [0.3, 0.4) is 0 Å². The van der Waals surface area contributed by atoms with E-state index in [0.717, 1.165) is 25.7 Å². The van der Waals surface area contributed by atoms with Gasteiger partial charge < -0.3 is 14.8 Å². The molecule has 0 radical (unpaired) electrons. The van der Waals surface area contributed by atoms with Crippen LogP contribution in [-0.2, 0) is 9.47 Å². The van der Waals surface area contributed by atoms with E-state index in [1.807, 2.05) is 13.8 Å². The third kappa shape index (κ3) is 3.16. The predicted octanol–water partition coefficient (Wildman–Crippen LogP) is 3.72. The molecule has 4 fully saturated rings. The molecule has 4 rings (SSSR count). The van der Waals surface area contributed by atoms with Crippen molar-refractivity contribution in [1.82, 2.24) is 5.32 Å². The Kier molecular flexibility index (Phi) is 4.13. The van der Waals surface area contributed by atoms with Crippen molar-refractivity contribution in [3.05, 3.63) is 0 Å². The lowest BCUT2D eigenvalue weighted by atomic mass is 9.43. The standard InChI is InChI=1S/C18H33NO2/c1-5-20-15(21-6-2)10-19-18-9-14-7-16(3,12-18)11-17(4,8-14)13-18/h14-15,19H,5-13H2,1-4H3. The van der Waals surface area contributed by atoms with Crippen molar-refractivity contribution in [1.29, 1.82) is 0 Å². The minimum Gasteiger partial charge on any atom is -0.352 e. The Labute approximate surface area is 130 Å². The fourth-order valence-electron chi connectivity index (χ4n) is 6.48. The molecule has 2 atom stereocenters. The smallest absolute Gasteiger partial charge is 0.169 e. The van der Waals surface area contributed by atoms with E-state index < -0.39 is 0 Å². The fraction of sp³-hybridized carbons (Fsp3) is 1.00. The molecule has 21 heavy (non-hydrogen) atoms.